The van der Waals surface area contributed by atoms with Crippen molar-refractivity contribution in [2.24, 2.45) is 0 Å². The lowest BCUT2D eigenvalue weighted by Crippen LogP contribution is -2.52. The van der Waals surface area contributed by atoms with E-state index in [4.69, 9.17) is 8.85 Å². The van der Waals surface area contributed by atoms with E-state index in [2.05, 4.69) is 48.5 Å². The maximum Gasteiger partial charge on any atom is 0.344 e. The van der Waals surface area contributed by atoms with Crippen LogP contribution >= 0.6 is 0 Å². The summed E-state index contributed by atoms with van der Waals surface area (Å²) in [5.41, 5.74) is 1.20. The molecular formula is C14H30O2Si. The van der Waals surface area contributed by atoms with Gasteiger partial charge < -0.3 is 8.85 Å². The molecule has 0 aliphatic heterocycles. The van der Waals surface area contributed by atoms with Gasteiger partial charge >= 0.3 is 8.56 Å². The largest absolute Gasteiger partial charge is 0.391 e. The van der Waals surface area contributed by atoms with Crippen LogP contribution in [0.15, 0.2) is 0 Å². The van der Waals surface area contributed by atoms with Gasteiger partial charge in [0, 0.05) is 11.6 Å². The van der Waals surface area contributed by atoms with Crippen molar-refractivity contribution < 1.29 is 8.85 Å². The lowest BCUT2D eigenvalue weighted by molar-refractivity contribution is 0.0274. The molecule has 1 unspecified atom stereocenters. The van der Waals surface area contributed by atoms with E-state index >= 15 is 0 Å². The zero-order valence-corrected chi connectivity index (χ0v) is 13.7. The highest BCUT2D eigenvalue weighted by molar-refractivity contribution is 6.71. The molecule has 1 aliphatic rings. The van der Waals surface area contributed by atoms with Crippen LogP contribution in [0.1, 0.15) is 67.7 Å². The van der Waals surface area contributed by atoms with E-state index in [1.807, 2.05) is 0 Å². The van der Waals surface area contributed by atoms with E-state index < -0.39 is 8.56 Å². The quantitative estimate of drug-likeness (QED) is 0.620. The minimum Gasteiger partial charge on any atom is -0.391 e. The third kappa shape index (κ3) is 3.80. The highest BCUT2D eigenvalue weighted by Crippen LogP contribution is 2.52. The van der Waals surface area contributed by atoms with Crippen LogP contribution in [0.5, 0.6) is 0 Å². The van der Waals surface area contributed by atoms with Crippen LogP contribution in [0.4, 0.5) is 0 Å². The molecule has 0 N–H and O–H groups in total. The van der Waals surface area contributed by atoms with Crippen molar-refractivity contribution >= 4 is 8.56 Å². The van der Waals surface area contributed by atoms with Crippen LogP contribution in [0, 0.1) is 0 Å². The third-order valence-corrected chi connectivity index (χ3v) is 8.69. The van der Waals surface area contributed by atoms with Gasteiger partial charge in [0.25, 0.3) is 0 Å². The van der Waals surface area contributed by atoms with Gasteiger partial charge in [-0.2, -0.15) is 0 Å². The molecule has 0 saturated heterocycles. The van der Waals surface area contributed by atoms with Crippen LogP contribution in [-0.2, 0) is 8.85 Å². The van der Waals surface area contributed by atoms with Crippen LogP contribution in [0.3, 0.4) is 0 Å². The second kappa shape index (κ2) is 5.41. The summed E-state index contributed by atoms with van der Waals surface area (Å²) in [6.45, 7) is 15.4. The average molecular weight is 258 g/mol. The maximum atomic E-state index is 6.59. The molecule has 0 aromatic carbocycles. The summed E-state index contributed by atoms with van der Waals surface area (Å²) < 4.78 is 13.0. The second-order valence-corrected chi connectivity index (χ2v) is 10.4. The molecule has 0 spiro atoms. The zero-order valence-electron chi connectivity index (χ0n) is 12.7. The molecule has 1 fully saturated rings. The minimum atomic E-state index is -2.06. The first-order valence-corrected chi connectivity index (χ1v) is 9.08. The first-order valence-electron chi connectivity index (χ1n) is 7.11. The average Bonchev–Trinajstić information content (AvgIpc) is 2.98. The fraction of sp³-hybridized carbons (Fsp3) is 1.00. The van der Waals surface area contributed by atoms with Crippen molar-refractivity contribution in [2.45, 2.75) is 90.5 Å². The van der Waals surface area contributed by atoms with Gasteiger partial charge in [0.1, 0.15) is 0 Å². The first-order chi connectivity index (χ1) is 7.73. The summed E-state index contributed by atoms with van der Waals surface area (Å²) in [5, 5.41) is 0. The topological polar surface area (TPSA) is 18.5 Å². The van der Waals surface area contributed by atoms with E-state index in [1.165, 1.54) is 12.8 Å². The van der Waals surface area contributed by atoms with Gasteiger partial charge in [-0.05, 0) is 52.5 Å². The van der Waals surface area contributed by atoms with E-state index in [-0.39, 0.29) is 11.7 Å². The second-order valence-electron chi connectivity index (χ2n) is 6.53. The van der Waals surface area contributed by atoms with E-state index in [0.29, 0.717) is 5.54 Å². The fourth-order valence-electron chi connectivity index (χ4n) is 2.29. The number of rotatable bonds is 7. The fourth-order valence-corrected chi connectivity index (χ4v) is 6.86. The molecule has 0 heterocycles. The Hall–Kier alpha value is 0.137. The van der Waals surface area contributed by atoms with Gasteiger partial charge in [0.15, 0.2) is 0 Å². The summed E-state index contributed by atoms with van der Waals surface area (Å²) in [5.74, 6) is 0. The monoisotopic (exact) mass is 258 g/mol. The van der Waals surface area contributed by atoms with Gasteiger partial charge in [-0.15, -0.1) is 0 Å². The van der Waals surface area contributed by atoms with Gasteiger partial charge in [-0.3, -0.25) is 0 Å². The number of hydrogen-bond donors (Lipinski definition) is 0. The van der Waals surface area contributed by atoms with Crippen molar-refractivity contribution in [1.29, 1.82) is 0 Å². The molecule has 102 valence electrons. The van der Waals surface area contributed by atoms with Crippen LogP contribution in [0.2, 0.25) is 11.1 Å². The molecular weight excluding hydrogens is 228 g/mol. The van der Waals surface area contributed by atoms with Gasteiger partial charge in [0.05, 0.1) is 5.60 Å². The summed E-state index contributed by atoms with van der Waals surface area (Å²) in [7, 11) is -2.06. The lowest BCUT2D eigenvalue weighted by Gasteiger charge is -2.42. The summed E-state index contributed by atoms with van der Waals surface area (Å²) in [4.78, 5) is 0. The molecule has 0 aromatic rings. The first kappa shape index (κ1) is 15.2. The highest BCUT2D eigenvalue weighted by Gasteiger charge is 2.56. The SMILES string of the molecule is CCC(C)(C)O[Si](OC(C)C)(C(C)C)C1CC1. The molecule has 1 aliphatic carbocycles. The van der Waals surface area contributed by atoms with Crippen LogP contribution in [-0.4, -0.2) is 20.3 Å². The zero-order chi connectivity index (χ0) is 13.3. The number of hydrogen-bond acceptors (Lipinski definition) is 2. The Morgan fingerprint density at radius 1 is 1.18 bits per heavy atom. The third-order valence-electron chi connectivity index (χ3n) is 3.66. The minimum absolute atomic E-state index is 0.0476. The molecule has 0 radical (unpaired) electrons. The molecule has 17 heavy (non-hydrogen) atoms. The van der Waals surface area contributed by atoms with Gasteiger partial charge in [0.2, 0.25) is 0 Å². The Kier molecular flexibility index (Phi) is 4.84. The molecule has 2 nitrogen and oxygen atoms in total. The predicted octanol–water partition coefficient (Wildman–Crippen LogP) is 4.63. The van der Waals surface area contributed by atoms with E-state index in [0.717, 1.165) is 12.0 Å². The molecule has 3 heteroatoms. The Labute approximate surface area is 108 Å². The van der Waals surface area contributed by atoms with Crippen LogP contribution in [0.25, 0.3) is 0 Å². The molecule has 0 aromatic heterocycles. The smallest absolute Gasteiger partial charge is 0.344 e. The Morgan fingerprint density at radius 2 is 1.71 bits per heavy atom. The summed E-state index contributed by atoms with van der Waals surface area (Å²) in [6.07, 6.45) is 3.92. The molecule has 1 saturated carbocycles. The van der Waals surface area contributed by atoms with Gasteiger partial charge in [-0.1, -0.05) is 20.8 Å². The Morgan fingerprint density at radius 3 is 2.00 bits per heavy atom. The normalized spacial score (nSPS) is 21.0. The highest BCUT2D eigenvalue weighted by atomic mass is 28.4. The Bertz CT molecular complexity index is 243. The van der Waals surface area contributed by atoms with Crippen molar-refractivity contribution in [2.75, 3.05) is 0 Å². The van der Waals surface area contributed by atoms with Crippen LogP contribution < -0.4 is 0 Å². The van der Waals surface area contributed by atoms with E-state index in [1.54, 1.807) is 0 Å². The maximum absolute atomic E-state index is 6.59. The van der Waals surface area contributed by atoms with Crippen molar-refractivity contribution in [1.82, 2.24) is 0 Å². The van der Waals surface area contributed by atoms with Crippen molar-refractivity contribution in [3.8, 4) is 0 Å². The van der Waals surface area contributed by atoms with Crippen molar-refractivity contribution in [3.05, 3.63) is 0 Å². The molecule has 0 amide bonds. The Balaban J connectivity index is 2.90. The summed E-state index contributed by atoms with van der Waals surface area (Å²) >= 11 is 0. The molecule has 0 bridgehead atoms. The standard InChI is InChI=1S/C14H30O2Si/c1-8-14(6,7)16-17(12(4)5,13-9-10-13)15-11(2)3/h11-13H,8-10H2,1-7H3. The molecule has 1 rings (SSSR count). The van der Waals surface area contributed by atoms with E-state index in [9.17, 15) is 0 Å². The van der Waals surface area contributed by atoms with Crippen molar-refractivity contribution in [3.63, 3.8) is 0 Å². The summed E-state index contributed by atoms with van der Waals surface area (Å²) in [6, 6.07) is 0. The van der Waals surface area contributed by atoms with Gasteiger partial charge in [-0.25, -0.2) is 0 Å². The predicted molar refractivity (Wildman–Crippen MR) is 75.5 cm³/mol. The molecule has 1 atom stereocenters. The lowest BCUT2D eigenvalue weighted by atomic mass is 10.1.